The fourth-order valence-electron chi connectivity index (χ4n) is 2.40. The number of hydrogen-bond acceptors (Lipinski definition) is 4. The molecule has 0 amide bonds. The maximum Gasteiger partial charge on any atom is 0.146 e. The van der Waals surface area contributed by atoms with Crippen molar-refractivity contribution >= 4 is 17.0 Å². The molecule has 2 aromatic rings. The molecule has 0 radical (unpaired) electrons. The van der Waals surface area contributed by atoms with Crippen molar-refractivity contribution in [2.45, 2.75) is 13.1 Å². The number of thiophene rings is 1. The van der Waals surface area contributed by atoms with Gasteiger partial charge in [-0.15, -0.1) is 0 Å². The van der Waals surface area contributed by atoms with E-state index in [2.05, 4.69) is 52.3 Å². The molecule has 0 spiro atoms. The van der Waals surface area contributed by atoms with Crippen molar-refractivity contribution in [2.24, 2.45) is 0 Å². The lowest BCUT2D eigenvalue weighted by Crippen LogP contribution is -2.22. The van der Waals surface area contributed by atoms with Crippen LogP contribution in [0.2, 0.25) is 0 Å². The molecule has 100 valence electrons. The first-order chi connectivity index (χ1) is 9.33. The van der Waals surface area contributed by atoms with E-state index in [-0.39, 0.29) is 0 Å². The lowest BCUT2D eigenvalue weighted by molar-refractivity contribution is 0.291. The SMILES string of the molecule is CN(Cc1ccsc1)Cc1cccc2c1OCCN2. The van der Waals surface area contributed by atoms with Gasteiger partial charge in [0.2, 0.25) is 0 Å². The highest BCUT2D eigenvalue weighted by Crippen LogP contribution is 2.32. The molecule has 3 rings (SSSR count). The number of para-hydroxylation sites is 1. The standard InChI is InChI=1S/C15H18N2OS/c1-17(9-12-5-8-19-11-12)10-13-3-2-4-14-15(13)18-7-6-16-14/h2-5,8,11,16H,6-7,9-10H2,1H3. The quantitative estimate of drug-likeness (QED) is 0.926. The summed E-state index contributed by atoms with van der Waals surface area (Å²) in [6.45, 7) is 3.51. The van der Waals surface area contributed by atoms with E-state index in [0.29, 0.717) is 0 Å². The number of rotatable bonds is 4. The Kier molecular flexibility index (Phi) is 3.71. The summed E-state index contributed by atoms with van der Waals surface area (Å²) in [7, 11) is 2.15. The fraction of sp³-hybridized carbons (Fsp3) is 0.333. The van der Waals surface area contributed by atoms with Crippen LogP contribution in [0.25, 0.3) is 0 Å². The molecular weight excluding hydrogens is 256 g/mol. The summed E-state index contributed by atoms with van der Waals surface area (Å²) >= 11 is 1.75. The topological polar surface area (TPSA) is 24.5 Å². The molecular formula is C15H18N2OS. The van der Waals surface area contributed by atoms with Crippen molar-refractivity contribution in [3.8, 4) is 5.75 Å². The average molecular weight is 274 g/mol. The second-order valence-corrected chi connectivity index (χ2v) is 5.65. The van der Waals surface area contributed by atoms with Crippen LogP contribution in [0.4, 0.5) is 5.69 Å². The van der Waals surface area contributed by atoms with Crippen molar-refractivity contribution in [3.05, 3.63) is 46.2 Å². The van der Waals surface area contributed by atoms with Gasteiger partial charge in [0.1, 0.15) is 12.4 Å². The number of hydrogen-bond donors (Lipinski definition) is 1. The van der Waals surface area contributed by atoms with E-state index in [9.17, 15) is 0 Å². The Bertz CT molecular complexity index is 539. The minimum absolute atomic E-state index is 0.748. The van der Waals surface area contributed by atoms with E-state index >= 15 is 0 Å². The smallest absolute Gasteiger partial charge is 0.146 e. The number of anilines is 1. The van der Waals surface area contributed by atoms with Gasteiger partial charge in [-0.2, -0.15) is 11.3 Å². The second kappa shape index (κ2) is 5.63. The molecule has 19 heavy (non-hydrogen) atoms. The van der Waals surface area contributed by atoms with Crippen LogP contribution in [0.15, 0.2) is 35.0 Å². The largest absolute Gasteiger partial charge is 0.489 e. The van der Waals surface area contributed by atoms with Gasteiger partial charge < -0.3 is 10.1 Å². The summed E-state index contributed by atoms with van der Waals surface area (Å²) in [5.41, 5.74) is 3.74. The number of ether oxygens (including phenoxy) is 1. The van der Waals surface area contributed by atoms with Gasteiger partial charge in [0.15, 0.2) is 0 Å². The van der Waals surface area contributed by atoms with Gasteiger partial charge in [-0.25, -0.2) is 0 Å². The zero-order valence-electron chi connectivity index (χ0n) is 11.1. The zero-order valence-corrected chi connectivity index (χ0v) is 11.9. The number of benzene rings is 1. The van der Waals surface area contributed by atoms with Crippen LogP contribution in [-0.4, -0.2) is 25.1 Å². The molecule has 0 saturated carbocycles. The van der Waals surface area contributed by atoms with Crippen molar-refractivity contribution < 1.29 is 4.74 Å². The van der Waals surface area contributed by atoms with Crippen LogP contribution in [0.5, 0.6) is 5.75 Å². The van der Waals surface area contributed by atoms with Crippen LogP contribution in [-0.2, 0) is 13.1 Å². The van der Waals surface area contributed by atoms with Crippen molar-refractivity contribution in [2.75, 3.05) is 25.5 Å². The lowest BCUT2D eigenvalue weighted by atomic mass is 10.1. The third-order valence-corrected chi connectivity index (χ3v) is 3.97. The summed E-state index contributed by atoms with van der Waals surface area (Å²) in [5.74, 6) is 1.02. The van der Waals surface area contributed by atoms with E-state index < -0.39 is 0 Å². The molecule has 2 heterocycles. The fourth-order valence-corrected chi connectivity index (χ4v) is 3.06. The highest BCUT2D eigenvalue weighted by Gasteiger charge is 2.14. The molecule has 0 unspecified atom stereocenters. The Morgan fingerprint density at radius 1 is 1.32 bits per heavy atom. The molecule has 0 aliphatic carbocycles. The van der Waals surface area contributed by atoms with Gasteiger partial charge in [0.05, 0.1) is 5.69 Å². The van der Waals surface area contributed by atoms with Crippen LogP contribution < -0.4 is 10.1 Å². The molecule has 4 heteroatoms. The maximum atomic E-state index is 5.80. The summed E-state index contributed by atoms with van der Waals surface area (Å²) in [6, 6.07) is 8.50. The first-order valence-electron chi connectivity index (χ1n) is 6.51. The molecule has 0 bridgehead atoms. The molecule has 3 nitrogen and oxygen atoms in total. The molecule has 1 aromatic heterocycles. The summed E-state index contributed by atoms with van der Waals surface area (Å²) in [6.07, 6.45) is 0. The summed E-state index contributed by atoms with van der Waals surface area (Å²) < 4.78 is 5.80. The van der Waals surface area contributed by atoms with Crippen LogP contribution in [0.1, 0.15) is 11.1 Å². The van der Waals surface area contributed by atoms with E-state index in [1.165, 1.54) is 11.1 Å². The molecule has 1 aliphatic heterocycles. The van der Waals surface area contributed by atoms with Gasteiger partial charge in [-0.05, 0) is 35.5 Å². The summed E-state index contributed by atoms with van der Waals surface area (Å²) in [5, 5.41) is 7.71. The maximum absolute atomic E-state index is 5.80. The van der Waals surface area contributed by atoms with E-state index in [1.807, 2.05) is 0 Å². The molecule has 1 aliphatic rings. The average Bonchev–Trinajstić information content (AvgIpc) is 2.92. The number of fused-ring (bicyclic) bond motifs is 1. The third kappa shape index (κ3) is 2.91. The van der Waals surface area contributed by atoms with Crippen LogP contribution >= 0.6 is 11.3 Å². The van der Waals surface area contributed by atoms with Gasteiger partial charge in [-0.3, -0.25) is 4.90 Å². The molecule has 0 atom stereocenters. The Labute approximate surface area is 117 Å². The molecule has 0 saturated heterocycles. The van der Waals surface area contributed by atoms with Crippen molar-refractivity contribution in [1.82, 2.24) is 4.90 Å². The predicted octanol–water partition coefficient (Wildman–Crippen LogP) is 3.18. The Hall–Kier alpha value is -1.52. The number of nitrogens with zero attached hydrogens (tertiary/aromatic N) is 1. The van der Waals surface area contributed by atoms with E-state index in [4.69, 9.17) is 4.74 Å². The third-order valence-electron chi connectivity index (χ3n) is 3.23. The van der Waals surface area contributed by atoms with Gasteiger partial charge >= 0.3 is 0 Å². The normalized spacial score (nSPS) is 13.8. The molecule has 1 N–H and O–H groups in total. The highest BCUT2D eigenvalue weighted by atomic mass is 32.1. The van der Waals surface area contributed by atoms with E-state index in [1.54, 1.807) is 11.3 Å². The highest BCUT2D eigenvalue weighted by molar-refractivity contribution is 7.07. The molecule has 1 aromatic carbocycles. The van der Waals surface area contributed by atoms with E-state index in [0.717, 1.165) is 37.7 Å². The Morgan fingerprint density at radius 2 is 2.26 bits per heavy atom. The first kappa shape index (κ1) is 12.5. The summed E-state index contributed by atoms with van der Waals surface area (Å²) in [4.78, 5) is 2.32. The molecule has 0 fully saturated rings. The second-order valence-electron chi connectivity index (χ2n) is 4.87. The van der Waals surface area contributed by atoms with Crippen LogP contribution in [0.3, 0.4) is 0 Å². The minimum Gasteiger partial charge on any atom is -0.489 e. The Morgan fingerprint density at radius 3 is 3.11 bits per heavy atom. The first-order valence-corrected chi connectivity index (χ1v) is 7.45. The monoisotopic (exact) mass is 274 g/mol. The predicted molar refractivity (Wildman–Crippen MR) is 79.9 cm³/mol. The number of nitrogens with one attached hydrogen (secondary N) is 1. The zero-order chi connectivity index (χ0) is 13.1. The lowest BCUT2D eigenvalue weighted by Gasteiger charge is -2.24. The van der Waals surface area contributed by atoms with Gasteiger partial charge in [-0.1, -0.05) is 12.1 Å². The van der Waals surface area contributed by atoms with Gasteiger partial charge in [0, 0.05) is 25.2 Å². The Balaban J connectivity index is 1.72. The minimum atomic E-state index is 0.748. The van der Waals surface area contributed by atoms with Crippen molar-refractivity contribution in [1.29, 1.82) is 0 Å². The van der Waals surface area contributed by atoms with Gasteiger partial charge in [0.25, 0.3) is 0 Å². The van der Waals surface area contributed by atoms with Crippen molar-refractivity contribution in [3.63, 3.8) is 0 Å². The van der Waals surface area contributed by atoms with Crippen LogP contribution in [0, 0.1) is 0 Å².